The first-order valence-corrected chi connectivity index (χ1v) is 9.32. The SMILES string of the molecule is CCSCCC(C)NS(=O)(=O)C(C)CNC(C)C. The van der Waals surface area contributed by atoms with E-state index in [0.29, 0.717) is 12.6 Å². The van der Waals surface area contributed by atoms with Crippen molar-refractivity contribution in [3.05, 3.63) is 0 Å². The van der Waals surface area contributed by atoms with Crippen molar-refractivity contribution in [2.75, 3.05) is 18.1 Å². The summed E-state index contributed by atoms with van der Waals surface area (Å²) in [7, 11) is -3.21. The van der Waals surface area contributed by atoms with Crippen molar-refractivity contribution >= 4 is 21.8 Å². The van der Waals surface area contributed by atoms with Crippen LogP contribution in [0, 0.1) is 0 Å². The van der Waals surface area contributed by atoms with Gasteiger partial charge in [-0.1, -0.05) is 20.8 Å². The Hall–Kier alpha value is 0.220. The molecule has 2 atom stereocenters. The predicted molar refractivity (Wildman–Crippen MR) is 81.7 cm³/mol. The van der Waals surface area contributed by atoms with E-state index < -0.39 is 15.3 Å². The van der Waals surface area contributed by atoms with Crippen LogP contribution in [0.2, 0.25) is 0 Å². The van der Waals surface area contributed by atoms with Crippen molar-refractivity contribution in [1.82, 2.24) is 10.0 Å². The van der Waals surface area contributed by atoms with E-state index in [0.717, 1.165) is 17.9 Å². The highest BCUT2D eigenvalue weighted by molar-refractivity contribution is 7.99. The van der Waals surface area contributed by atoms with Crippen molar-refractivity contribution in [2.24, 2.45) is 0 Å². The first-order chi connectivity index (χ1) is 8.29. The van der Waals surface area contributed by atoms with E-state index in [1.54, 1.807) is 6.92 Å². The van der Waals surface area contributed by atoms with Crippen molar-refractivity contribution < 1.29 is 8.42 Å². The zero-order valence-electron chi connectivity index (χ0n) is 12.2. The molecule has 18 heavy (non-hydrogen) atoms. The third-order valence-corrected chi connectivity index (χ3v) is 5.50. The highest BCUT2D eigenvalue weighted by Gasteiger charge is 2.22. The molecule has 0 saturated carbocycles. The molecule has 0 aromatic heterocycles. The Balaban J connectivity index is 4.11. The first-order valence-electron chi connectivity index (χ1n) is 6.61. The zero-order valence-corrected chi connectivity index (χ0v) is 13.8. The topological polar surface area (TPSA) is 58.2 Å². The largest absolute Gasteiger partial charge is 0.313 e. The Morgan fingerprint density at radius 1 is 1.17 bits per heavy atom. The highest BCUT2D eigenvalue weighted by atomic mass is 32.2. The van der Waals surface area contributed by atoms with Gasteiger partial charge in [0.1, 0.15) is 0 Å². The molecule has 2 unspecified atom stereocenters. The second-order valence-corrected chi connectivity index (χ2v) is 8.45. The van der Waals surface area contributed by atoms with Gasteiger partial charge in [0.2, 0.25) is 10.0 Å². The maximum atomic E-state index is 12.0. The fraction of sp³-hybridized carbons (Fsp3) is 1.00. The van der Waals surface area contributed by atoms with Gasteiger partial charge >= 0.3 is 0 Å². The molecule has 0 spiro atoms. The van der Waals surface area contributed by atoms with Crippen LogP contribution >= 0.6 is 11.8 Å². The van der Waals surface area contributed by atoms with Gasteiger partial charge in [0.15, 0.2) is 0 Å². The lowest BCUT2D eigenvalue weighted by Gasteiger charge is -2.19. The summed E-state index contributed by atoms with van der Waals surface area (Å²) < 4.78 is 26.8. The van der Waals surface area contributed by atoms with Gasteiger partial charge in [0, 0.05) is 18.6 Å². The second kappa shape index (κ2) is 9.18. The molecular formula is C12H28N2O2S2. The summed E-state index contributed by atoms with van der Waals surface area (Å²) in [6.07, 6.45) is 0.877. The Kier molecular flexibility index (Phi) is 9.29. The molecule has 0 fully saturated rings. The molecule has 0 aromatic rings. The monoisotopic (exact) mass is 296 g/mol. The molecular weight excluding hydrogens is 268 g/mol. The quantitative estimate of drug-likeness (QED) is 0.604. The van der Waals surface area contributed by atoms with E-state index in [1.807, 2.05) is 32.5 Å². The third-order valence-electron chi connectivity index (χ3n) is 2.61. The molecule has 0 saturated heterocycles. The fourth-order valence-corrected chi connectivity index (χ4v) is 3.41. The smallest absolute Gasteiger partial charge is 0.215 e. The maximum Gasteiger partial charge on any atom is 0.215 e. The van der Waals surface area contributed by atoms with Crippen LogP contribution in [-0.2, 0) is 10.0 Å². The van der Waals surface area contributed by atoms with Crippen LogP contribution in [0.5, 0.6) is 0 Å². The number of thioether (sulfide) groups is 1. The minimum Gasteiger partial charge on any atom is -0.313 e. The van der Waals surface area contributed by atoms with E-state index in [-0.39, 0.29) is 6.04 Å². The maximum absolute atomic E-state index is 12.0. The number of hydrogen-bond acceptors (Lipinski definition) is 4. The summed E-state index contributed by atoms with van der Waals surface area (Å²) in [5.74, 6) is 2.08. The molecule has 4 nitrogen and oxygen atoms in total. The van der Waals surface area contributed by atoms with Gasteiger partial charge in [-0.05, 0) is 31.8 Å². The Morgan fingerprint density at radius 3 is 2.28 bits per heavy atom. The van der Waals surface area contributed by atoms with Gasteiger partial charge < -0.3 is 5.32 Å². The van der Waals surface area contributed by atoms with Gasteiger partial charge in [0.05, 0.1) is 5.25 Å². The van der Waals surface area contributed by atoms with Crippen LogP contribution in [0.25, 0.3) is 0 Å². The van der Waals surface area contributed by atoms with Crippen LogP contribution in [0.3, 0.4) is 0 Å². The summed E-state index contributed by atoms with van der Waals surface area (Å²) in [6, 6.07) is 0.316. The number of nitrogens with one attached hydrogen (secondary N) is 2. The van der Waals surface area contributed by atoms with E-state index in [4.69, 9.17) is 0 Å². The fourth-order valence-electron chi connectivity index (χ4n) is 1.37. The second-order valence-electron chi connectivity index (χ2n) is 4.92. The summed E-state index contributed by atoms with van der Waals surface area (Å²) in [4.78, 5) is 0. The minimum atomic E-state index is -3.21. The molecule has 0 radical (unpaired) electrons. The van der Waals surface area contributed by atoms with Crippen molar-refractivity contribution in [2.45, 2.75) is 58.4 Å². The lowest BCUT2D eigenvalue weighted by Crippen LogP contribution is -2.44. The van der Waals surface area contributed by atoms with E-state index in [1.165, 1.54) is 0 Å². The lowest BCUT2D eigenvalue weighted by atomic mass is 10.3. The molecule has 0 aliphatic rings. The molecule has 110 valence electrons. The minimum absolute atomic E-state index is 0.00977. The number of rotatable bonds is 10. The first kappa shape index (κ1) is 18.2. The third kappa shape index (κ3) is 8.34. The summed E-state index contributed by atoms with van der Waals surface area (Å²) in [5, 5.41) is 2.75. The van der Waals surface area contributed by atoms with Crippen LogP contribution in [0.4, 0.5) is 0 Å². The molecule has 0 aromatic carbocycles. The van der Waals surface area contributed by atoms with Gasteiger partial charge in [-0.3, -0.25) is 0 Å². The van der Waals surface area contributed by atoms with E-state index in [9.17, 15) is 8.42 Å². The van der Waals surface area contributed by atoms with Crippen LogP contribution in [0.15, 0.2) is 0 Å². The molecule has 0 rings (SSSR count). The summed E-state index contributed by atoms with van der Waals surface area (Å²) in [5.41, 5.74) is 0. The Labute approximate surface area is 117 Å². The normalized spacial score (nSPS) is 15.9. The number of sulfonamides is 1. The van der Waals surface area contributed by atoms with Gasteiger partial charge in [0.25, 0.3) is 0 Å². The van der Waals surface area contributed by atoms with Gasteiger partial charge in [-0.25, -0.2) is 13.1 Å². The standard InChI is InChI=1S/C12H28N2O2S2/c1-6-17-8-7-11(4)14-18(15,16)12(5)9-13-10(2)3/h10-14H,6-9H2,1-5H3. The van der Waals surface area contributed by atoms with Gasteiger partial charge in [-0.2, -0.15) is 11.8 Å². The predicted octanol–water partition coefficient (Wildman–Crippen LogP) is 1.82. The molecule has 0 aliphatic carbocycles. The average Bonchev–Trinajstić information content (AvgIpc) is 2.25. The van der Waals surface area contributed by atoms with E-state index >= 15 is 0 Å². The summed E-state index contributed by atoms with van der Waals surface area (Å²) >= 11 is 1.84. The molecule has 0 bridgehead atoms. The molecule has 0 amide bonds. The zero-order chi connectivity index (χ0) is 14.2. The Bertz CT molecular complexity index is 305. The van der Waals surface area contributed by atoms with Crippen molar-refractivity contribution in [3.8, 4) is 0 Å². The van der Waals surface area contributed by atoms with Crippen LogP contribution < -0.4 is 10.0 Å². The van der Waals surface area contributed by atoms with Crippen LogP contribution in [0.1, 0.15) is 41.0 Å². The average molecular weight is 297 g/mol. The number of hydrogen-bond donors (Lipinski definition) is 2. The van der Waals surface area contributed by atoms with Gasteiger partial charge in [-0.15, -0.1) is 0 Å². The van der Waals surface area contributed by atoms with E-state index in [2.05, 4.69) is 17.0 Å². The Morgan fingerprint density at radius 2 is 1.78 bits per heavy atom. The molecule has 6 heteroatoms. The summed E-state index contributed by atoms with van der Waals surface area (Å²) in [6.45, 7) is 10.3. The molecule has 0 heterocycles. The van der Waals surface area contributed by atoms with Crippen molar-refractivity contribution in [3.63, 3.8) is 0 Å². The highest BCUT2D eigenvalue weighted by Crippen LogP contribution is 2.06. The molecule has 2 N–H and O–H groups in total. The molecule has 0 aliphatic heterocycles. The van der Waals surface area contributed by atoms with Crippen molar-refractivity contribution in [1.29, 1.82) is 0 Å². The van der Waals surface area contributed by atoms with Crippen LogP contribution in [-0.4, -0.2) is 43.8 Å². The lowest BCUT2D eigenvalue weighted by molar-refractivity contribution is 0.526.